The largest absolute Gasteiger partial charge is 0.481 e. The van der Waals surface area contributed by atoms with Crippen LogP contribution in [-0.2, 0) is 10.2 Å². The van der Waals surface area contributed by atoms with Crippen LogP contribution < -0.4 is 10.2 Å². The van der Waals surface area contributed by atoms with Gasteiger partial charge in [0, 0.05) is 19.6 Å². The predicted octanol–water partition coefficient (Wildman–Crippen LogP) is 3.08. The SMILES string of the molecule is CC(C)(C)c1cccc2c1N(CCC(=O)O)CCCN2. The van der Waals surface area contributed by atoms with Gasteiger partial charge >= 0.3 is 5.97 Å². The molecule has 0 saturated carbocycles. The standard InChI is InChI=1S/C16H24N2O2/c1-16(2,3)12-6-4-7-13-15(12)18(10-5-9-17-13)11-8-14(19)20/h4,6-7,17H,5,8-11H2,1-3H3,(H,19,20). The lowest BCUT2D eigenvalue weighted by molar-refractivity contribution is -0.136. The third-order valence-corrected chi connectivity index (χ3v) is 3.68. The van der Waals surface area contributed by atoms with Crippen LogP contribution in [0.2, 0.25) is 0 Å². The van der Waals surface area contributed by atoms with Crippen molar-refractivity contribution in [3.8, 4) is 0 Å². The van der Waals surface area contributed by atoms with Gasteiger partial charge in [-0.2, -0.15) is 0 Å². The van der Waals surface area contributed by atoms with Crippen molar-refractivity contribution in [3.05, 3.63) is 23.8 Å². The van der Waals surface area contributed by atoms with Gasteiger partial charge in [0.2, 0.25) is 0 Å². The number of hydrogen-bond donors (Lipinski definition) is 2. The molecule has 0 bridgehead atoms. The number of fused-ring (bicyclic) bond motifs is 1. The van der Waals surface area contributed by atoms with E-state index in [-0.39, 0.29) is 11.8 Å². The fourth-order valence-electron chi connectivity index (χ4n) is 2.69. The van der Waals surface area contributed by atoms with Crippen molar-refractivity contribution in [1.29, 1.82) is 0 Å². The van der Waals surface area contributed by atoms with E-state index in [1.807, 2.05) is 0 Å². The van der Waals surface area contributed by atoms with Crippen LogP contribution in [0, 0.1) is 0 Å². The first-order chi connectivity index (χ1) is 9.39. The minimum atomic E-state index is -0.739. The summed E-state index contributed by atoms with van der Waals surface area (Å²) in [6.45, 7) is 9.00. The van der Waals surface area contributed by atoms with Crippen molar-refractivity contribution in [1.82, 2.24) is 0 Å². The second-order valence-electron chi connectivity index (χ2n) is 6.36. The van der Waals surface area contributed by atoms with E-state index in [2.05, 4.69) is 49.2 Å². The monoisotopic (exact) mass is 276 g/mol. The topological polar surface area (TPSA) is 52.6 Å². The Hall–Kier alpha value is -1.71. The molecule has 4 heteroatoms. The summed E-state index contributed by atoms with van der Waals surface area (Å²) < 4.78 is 0. The molecule has 1 heterocycles. The van der Waals surface area contributed by atoms with Crippen molar-refractivity contribution in [2.45, 2.75) is 39.0 Å². The van der Waals surface area contributed by atoms with Gasteiger partial charge in [0.15, 0.2) is 0 Å². The molecule has 0 fully saturated rings. The Morgan fingerprint density at radius 3 is 2.80 bits per heavy atom. The zero-order chi connectivity index (χ0) is 14.8. The van der Waals surface area contributed by atoms with Gasteiger partial charge in [-0.15, -0.1) is 0 Å². The molecule has 0 radical (unpaired) electrons. The summed E-state index contributed by atoms with van der Waals surface area (Å²) in [5, 5.41) is 12.4. The fourth-order valence-corrected chi connectivity index (χ4v) is 2.69. The lowest BCUT2D eigenvalue weighted by Crippen LogP contribution is -2.29. The highest BCUT2D eigenvalue weighted by Crippen LogP contribution is 2.38. The maximum atomic E-state index is 10.9. The number of nitrogens with zero attached hydrogens (tertiary/aromatic N) is 1. The Morgan fingerprint density at radius 2 is 2.15 bits per heavy atom. The molecule has 2 N–H and O–H groups in total. The lowest BCUT2D eigenvalue weighted by Gasteiger charge is -2.31. The Balaban J connectivity index is 2.42. The molecule has 0 amide bonds. The van der Waals surface area contributed by atoms with Gasteiger partial charge in [0.05, 0.1) is 17.8 Å². The normalized spacial score (nSPS) is 15.2. The zero-order valence-electron chi connectivity index (χ0n) is 12.6. The number of nitrogens with one attached hydrogen (secondary N) is 1. The Labute approximate surface area is 120 Å². The minimum Gasteiger partial charge on any atom is -0.481 e. The van der Waals surface area contributed by atoms with E-state index in [4.69, 9.17) is 5.11 Å². The maximum absolute atomic E-state index is 10.9. The quantitative estimate of drug-likeness (QED) is 0.891. The molecule has 0 aliphatic carbocycles. The van der Waals surface area contributed by atoms with Gasteiger partial charge in [0.25, 0.3) is 0 Å². The summed E-state index contributed by atoms with van der Waals surface area (Å²) in [4.78, 5) is 13.1. The van der Waals surface area contributed by atoms with Gasteiger partial charge < -0.3 is 15.3 Å². The maximum Gasteiger partial charge on any atom is 0.305 e. The summed E-state index contributed by atoms with van der Waals surface area (Å²) in [6.07, 6.45) is 1.20. The molecule has 1 aliphatic heterocycles. The average molecular weight is 276 g/mol. The summed E-state index contributed by atoms with van der Waals surface area (Å²) in [6, 6.07) is 6.32. The van der Waals surface area contributed by atoms with Crippen LogP contribution in [0.1, 0.15) is 39.2 Å². The van der Waals surface area contributed by atoms with Gasteiger partial charge in [-0.25, -0.2) is 0 Å². The van der Waals surface area contributed by atoms with E-state index in [1.165, 1.54) is 11.3 Å². The van der Waals surface area contributed by atoms with Gasteiger partial charge in [0.1, 0.15) is 0 Å². The van der Waals surface area contributed by atoms with E-state index in [1.54, 1.807) is 0 Å². The molecular weight excluding hydrogens is 252 g/mol. The number of benzene rings is 1. The molecule has 20 heavy (non-hydrogen) atoms. The van der Waals surface area contributed by atoms with Gasteiger partial charge in [-0.3, -0.25) is 4.79 Å². The van der Waals surface area contributed by atoms with Crippen molar-refractivity contribution in [3.63, 3.8) is 0 Å². The summed E-state index contributed by atoms with van der Waals surface area (Å²) in [5.74, 6) is -0.739. The number of anilines is 2. The van der Waals surface area contributed by atoms with Crippen LogP contribution >= 0.6 is 0 Å². The molecule has 1 aliphatic rings. The van der Waals surface area contributed by atoms with Crippen LogP contribution in [0.3, 0.4) is 0 Å². The number of carbonyl (C=O) groups is 1. The van der Waals surface area contributed by atoms with Crippen molar-refractivity contribution in [2.75, 3.05) is 29.9 Å². The van der Waals surface area contributed by atoms with Gasteiger partial charge in [-0.1, -0.05) is 32.9 Å². The molecular formula is C16H24N2O2. The first-order valence-electron chi connectivity index (χ1n) is 7.23. The summed E-state index contributed by atoms with van der Waals surface area (Å²) in [7, 11) is 0. The summed E-state index contributed by atoms with van der Waals surface area (Å²) >= 11 is 0. The highest BCUT2D eigenvalue weighted by Gasteiger charge is 2.25. The first kappa shape index (κ1) is 14.7. The Kier molecular flexibility index (Phi) is 4.21. The summed E-state index contributed by atoms with van der Waals surface area (Å²) in [5.41, 5.74) is 3.62. The number of carboxylic acid groups (broad SMARTS) is 1. The van der Waals surface area contributed by atoms with Crippen molar-refractivity contribution < 1.29 is 9.90 Å². The lowest BCUT2D eigenvalue weighted by atomic mass is 9.85. The molecule has 0 aromatic heterocycles. The molecule has 0 unspecified atom stereocenters. The van der Waals surface area contributed by atoms with Crippen molar-refractivity contribution >= 4 is 17.3 Å². The Bertz CT molecular complexity index is 492. The third-order valence-electron chi connectivity index (χ3n) is 3.68. The van der Waals surface area contributed by atoms with Crippen molar-refractivity contribution in [2.24, 2.45) is 0 Å². The highest BCUT2D eigenvalue weighted by atomic mass is 16.4. The van der Waals surface area contributed by atoms with Gasteiger partial charge in [-0.05, 0) is 23.5 Å². The number of para-hydroxylation sites is 1. The van der Waals surface area contributed by atoms with E-state index in [0.717, 1.165) is 25.2 Å². The number of aliphatic carboxylic acids is 1. The highest BCUT2D eigenvalue weighted by molar-refractivity contribution is 5.76. The molecule has 0 spiro atoms. The van der Waals surface area contributed by atoms with Crippen LogP contribution in [-0.4, -0.2) is 30.7 Å². The second kappa shape index (κ2) is 5.73. The number of rotatable bonds is 3. The molecule has 1 aromatic carbocycles. The number of hydrogen-bond acceptors (Lipinski definition) is 3. The molecule has 1 aromatic rings. The number of carboxylic acids is 1. The predicted molar refractivity (Wildman–Crippen MR) is 82.7 cm³/mol. The van der Waals surface area contributed by atoms with Crippen LogP contribution in [0.5, 0.6) is 0 Å². The van der Waals surface area contributed by atoms with E-state index >= 15 is 0 Å². The molecule has 0 atom stereocenters. The molecule has 2 rings (SSSR count). The molecule has 0 saturated heterocycles. The fraction of sp³-hybridized carbons (Fsp3) is 0.562. The van der Waals surface area contributed by atoms with E-state index < -0.39 is 5.97 Å². The Morgan fingerprint density at radius 1 is 1.40 bits per heavy atom. The van der Waals surface area contributed by atoms with E-state index in [0.29, 0.717) is 6.54 Å². The minimum absolute atomic E-state index is 0.0405. The van der Waals surface area contributed by atoms with Crippen LogP contribution in [0.4, 0.5) is 11.4 Å². The molecule has 4 nitrogen and oxygen atoms in total. The van der Waals surface area contributed by atoms with Crippen LogP contribution in [0.25, 0.3) is 0 Å². The first-order valence-corrected chi connectivity index (χ1v) is 7.23. The molecule has 110 valence electrons. The van der Waals surface area contributed by atoms with E-state index in [9.17, 15) is 4.79 Å². The average Bonchev–Trinajstić information content (AvgIpc) is 2.56. The third kappa shape index (κ3) is 3.24. The zero-order valence-corrected chi connectivity index (χ0v) is 12.6. The smallest absolute Gasteiger partial charge is 0.305 e. The van der Waals surface area contributed by atoms with Crippen LogP contribution in [0.15, 0.2) is 18.2 Å². The second-order valence-corrected chi connectivity index (χ2v) is 6.36.